The maximum atomic E-state index is 12.4. The van der Waals surface area contributed by atoms with Crippen molar-refractivity contribution in [2.24, 2.45) is 0 Å². The number of nitrogens with zero attached hydrogens (tertiary/aromatic N) is 3. The van der Waals surface area contributed by atoms with E-state index >= 15 is 0 Å². The van der Waals surface area contributed by atoms with Gasteiger partial charge in [0.05, 0.1) is 12.1 Å². The lowest BCUT2D eigenvalue weighted by atomic mass is 10.1. The molecule has 0 bridgehead atoms. The summed E-state index contributed by atoms with van der Waals surface area (Å²) in [6.45, 7) is 1.05. The van der Waals surface area contributed by atoms with Gasteiger partial charge in [0.1, 0.15) is 5.52 Å². The number of nitrogens with one attached hydrogen (secondary N) is 1. The maximum absolute atomic E-state index is 12.4. The maximum Gasteiger partial charge on any atom is 0.251 e. The van der Waals surface area contributed by atoms with Crippen molar-refractivity contribution in [2.75, 3.05) is 0 Å². The standard InChI is InChI=1S/C21H17ClN4O/c22-18-8-4-7-16(11-18)13-23-21(27)17-9-10-20-19(12-17)24-25-26(20)14-15-5-2-1-3-6-15/h1-12H,13-14H2,(H,23,27). The number of halogens is 1. The molecule has 0 saturated heterocycles. The molecule has 0 radical (unpaired) electrons. The van der Waals surface area contributed by atoms with E-state index in [9.17, 15) is 4.79 Å². The Morgan fingerprint density at radius 3 is 2.59 bits per heavy atom. The Kier molecular flexibility index (Phi) is 4.85. The van der Waals surface area contributed by atoms with Crippen LogP contribution in [0.5, 0.6) is 0 Å². The molecule has 0 aliphatic rings. The number of hydrogen-bond donors (Lipinski definition) is 1. The molecule has 0 fully saturated rings. The molecular weight excluding hydrogens is 360 g/mol. The van der Waals surface area contributed by atoms with Crippen LogP contribution in [0.15, 0.2) is 72.8 Å². The zero-order valence-corrected chi connectivity index (χ0v) is 15.2. The smallest absolute Gasteiger partial charge is 0.251 e. The van der Waals surface area contributed by atoms with Crippen LogP contribution < -0.4 is 5.32 Å². The van der Waals surface area contributed by atoms with Crippen molar-refractivity contribution in [3.05, 3.63) is 94.5 Å². The third-order valence-corrected chi connectivity index (χ3v) is 4.53. The Morgan fingerprint density at radius 1 is 0.963 bits per heavy atom. The van der Waals surface area contributed by atoms with Gasteiger partial charge in [0.2, 0.25) is 0 Å². The Bertz CT molecular complexity index is 1090. The van der Waals surface area contributed by atoms with Crippen LogP contribution in [0, 0.1) is 0 Å². The fourth-order valence-electron chi connectivity index (χ4n) is 2.92. The van der Waals surface area contributed by atoms with Crippen LogP contribution in [0.2, 0.25) is 5.02 Å². The molecule has 0 spiro atoms. The largest absolute Gasteiger partial charge is 0.348 e. The number of carbonyl (C=O) groups excluding carboxylic acids is 1. The van der Waals surface area contributed by atoms with Crippen LogP contribution in [-0.4, -0.2) is 20.9 Å². The number of amides is 1. The van der Waals surface area contributed by atoms with Crippen LogP contribution in [0.3, 0.4) is 0 Å². The molecule has 4 rings (SSSR count). The van der Waals surface area contributed by atoms with Crippen molar-refractivity contribution >= 4 is 28.5 Å². The predicted octanol–water partition coefficient (Wildman–Crippen LogP) is 4.06. The molecule has 0 aliphatic carbocycles. The van der Waals surface area contributed by atoms with Crippen LogP contribution in [0.25, 0.3) is 11.0 Å². The fourth-order valence-corrected chi connectivity index (χ4v) is 3.13. The van der Waals surface area contributed by atoms with Crippen molar-refractivity contribution < 1.29 is 4.79 Å². The van der Waals surface area contributed by atoms with Crippen molar-refractivity contribution in [3.63, 3.8) is 0 Å². The normalized spacial score (nSPS) is 10.9. The second-order valence-corrected chi connectivity index (χ2v) is 6.69. The number of carbonyl (C=O) groups is 1. The van der Waals surface area contributed by atoms with Gasteiger partial charge in [0.25, 0.3) is 5.91 Å². The molecule has 0 saturated carbocycles. The highest BCUT2D eigenvalue weighted by Gasteiger charge is 2.10. The molecule has 0 aliphatic heterocycles. The Morgan fingerprint density at radius 2 is 1.78 bits per heavy atom. The molecule has 0 atom stereocenters. The minimum atomic E-state index is -0.158. The molecule has 1 amide bonds. The number of benzene rings is 3. The summed E-state index contributed by atoms with van der Waals surface area (Å²) in [5.41, 5.74) is 4.24. The molecule has 1 aromatic heterocycles. The van der Waals surface area contributed by atoms with E-state index in [2.05, 4.69) is 15.6 Å². The lowest BCUT2D eigenvalue weighted by Gasteiger charge is -2.06. The van der Waals surface area contributed by atoms with E-state index in [1.807, 2.05) is 59.3 Å². The summed E-state index contributed by atoms with van der Waals surface area (Å²) in [5.74, 6) is -0.158. The van der Waals surface area contributed by atoms with Gasteiger partial charge in [-0.1, -0.05) is 59.3 Å². The van der Waals surface area contributed by atoms with Crippen LogP contribution in [-0.2, 0) is 13.1 Å². The second kappa shape index (κ2) is 7.60. The first-order valence-electron chi connectivity index (χ1n) is 8.59. The van der Waals surface area contributed by atoms with Crippen LogP contribution in [0.1, 0.15) is 21.5 Å². The Hall–Kier alpha value is -3.18. The van der Waals surface area contributed by atoms with E-state index in [0.29, 0.717) is 29.2 Å². The molecule has 1 N–H and O–H groups in total. The van der Waals surface area contributed by atoms with E-state index in [1.165, 1.54) is 0 Å². The van der Waals surface area contributed by atoms with Gasteiger partial charge in [0, 0.05) is 17.1 Å². The number of hydrogen-bond acceptors (Lipinski definition) is 3. The van der Waals surface area contributed by atoms with Crippen LogP contribution in [0.4, 0.5) is 0 Å². The van der Waals surface area contributed by atoms with Gasteiger partial charge in [-0.25, -0.2) is 4.68 Å². The first-order chi connectivity index (χ1) is 13.2. The monoisotopic (exact) mass is 376 g/mol. The quantitative estimate of drug-likeness (QED) is 0.571. The minimum absolute atomic E-state index is 0.158. The van der Waals surface area contributed by atoms with Gasteiger partial charge in [0.15, 0.2) is 0 Å². The second-order valence-electron chi connectivity index (χ2n) is 6.25. The number of aromatic nitrogens is 3. The van der Waals surface area contributed by atoms with E-state index in [-0.39, 0.29) is 5.91 Å². The number of fused-ring (bicyclic) bond motifs is 1. The summed E-state index contributed by atoms with van der Waals surface area (Å²) in [5, 5.41) is 12.0. The minimum Gasteiger partial charge on any atom is -0.348 e. The Labute approximate surface area is 161 Å². The van der Waals surface area contributed by atoms with Crippen molar-refractivity contribution in [1.29, 1.82) is 0 Å². The molecule has 6 heteroatoms. The Balaban J connectivity index is 1.49. The summed E-state index contributed by atoms with van der Waals surface area (Å²) in [6, 6.07) is 22.9. The summed E-state index contributed by atoms with van der Waals surface area (Å²) in [4.78, 5) is 12.4. The van der Waals surface area contributed by atoms with Gasteiger partial charge in [-0.2, -0.15) is 0 Å². The molecule has 5 nitrogen and oxygen atoms in total. The van der Waals surface area contributed by atoms with Gasteiger partial charge in [-0.05, 0) is 41.5 Å². The number of rotatable bonds is 5. The molecular formula is C21H17ClN4O. The zero-order chi connectivity index (χ0) is 18.6. The molecule has 0 unspecified atom stereocenters. The molecule has 1 heterocycles. The topological polar surface area (TPSA) is 59.8 Å². The third-order valence-electron chi connectivity index (χ3n) is 4.29. The van der Waals surface area contributed by atoms with E-state index in [0.717, 1.165) is 16.6 Å². The van der Waals surface area contributed by atoms with Crippen LogP contribution >= 0.6 is 11.6 Å². The van der Waals surface area contributed by atoms with E-state index in [1.54, 1.807) is 18.2 Å². The highest BCUT2D eigenvalue weighted by atomic mass is 35.5. The average molecular weight is 377 g/mol. The third kappa shape index (κ3) is 3.99. The van der Waals surface area contributed by atoms with E-state index in [4.69, 9.17) is 11.6 Å². The first kappa shape index (κ1) is 17.2. The lowest BCUT2D eigenvalue weighted by molar-refractivity contribution is 0.0951. The summed E-state index contributed by atoms with van der Waals surface area (Å²) >= 11 is 5.97. The molecule has 3 aromatic carbocycles. The molecule has 134 valence electrons. The van der Waals surface area contributed by atoms with Gasteiger partial charge >= 0.3 is 0 Å². The van der Waals surface area contributed by atoms with E-state index < -0.39 is 0 Å². The highest BCUT2D eigenvalue weighted by molar-refractivity contribution is 6.30. The molecule has 4 aromatic rings. The van der Waals surface area contributed by atoms with Gasteiger partial charge in [-0.3, -0.25) is 4.79 Å². The summed E-state index contributed by atoms with van der Waals surface area (Å²) in [7, 11) is 0. The highest BCUT2D eigenvalue weighted by Crippen LogP contribution is 2.16. The summed E-state index contributed by atoms with van der Waals surface area (Å²) in [6.07, 6.45) is 0. The zero-order valence-electron chi connectivity index (χ0n) is 14.5. The van der Waals surface area contributed by atoms with Crippen molar-refractivity contribution in [1.82, 2.24) is 20.3 Å². The summed E-state index contributed by atoms with van der Waals surface area (Å²) < 4.78 is 1.83. The van der Waals surface area contributed by atoms with Crippen molar-refractivity contribution in [3.8, 4) is 0 Å². The fraction of sp³-hybridized carbons (Fsp3) is 0.0952. The van der Waals surface area contributed by atoms with Crippen molar-refractivity contribution in [2.45, 2.75) is 13.1 Å². The average Bonchev–Trinajstić information content (AvgIpc) is 3.09. The molecule has 27 heavy (non-hydrogen) atoms. The predicted molar refractivity (Wildman–Crippen MR) is 106 cm³/mol. The lowest BCUT2D eigenvalue weighted by Crippen LogP contribution is -2.22. The van der Waals surface area contributed by atoms with Gasteiger partial charge < -0.3 is 5.32 Å². The van der Waals surface area contributed by atoms with Gasteiger partial charge in [-0.15, -0.1) is 5.10 Å². The first-order valence-corrected chi connectivity index (χ1v) is 8.97. The SMILES string of the molecule is O=C(NCc1cccc(Cl)c1)c1ccc2c(c1)nnn2Cc1ccccc1.